The molecule has 0 bridgehead atoms. The van der Waals surface area contributed by atoms with E-state index in [9.17, 15) is 14.9 Å². The summed E-state index contributed by atoms with van der Waals surface area (Å²) < 4.78 is 0.602. The fourth-order valence-corrected chi connectivity index (χ4v) is 2.23. The van der Waals surface area contributed by atoms with Crippen molar-refractivity contribution < 1.29 is 9.72 Å². The molecule has 120 valence electrons. The lowest BCUT2D eigenvalue weighted by molar-refractivity contribution is -0.383. The van der Waals surface area contributed by atoms with E-state index >= 15 is 0 Å². The van der Waals surface area contributed by atoms with Gasteiger partial charge in [0, 0.05) is 11.0 Å². The van der Waals surface area contributed by atoms with Gasteiger partial charge in [0.15, 0.2) is 0 Å². The molecule has 0 saturated carbocycles. The van der Waals surface area contributed by atoms with Crippen molar-refractivity contribution in [2.75, 3.05) is 17.3 Å². The van der Waals surface area contributed by atoms with E-state index in [1.165, 1.54) is 0 Å². The number of aromatic nitrogens is 2. The van der Waals surface area contributed by atoms with Crippen molar-refractivity contribution in [3.8, 4) is 0 Å². The van der Waals surface area contributed by atoms with Gasteiger partial charge in [0.1, 0.15) is 6.33 Å². The Morgan fingerprint density at radius 1 is 1.30 bits per heavy atom. The molecule has 0 fully saturated rings. The average molecular weight is 381 g/mol. The van der Waals surface area contributed by atoms with E-state index in [1.807, 2.05) is 0 Å². The first-order chi connectivity index (χ1) is 11.0. The lowest BCUT2D eigenvalue weighted by Crippen LogP contribution is -2.30. The number of hydrogen-bond acceptors (Lipinski definition) is 7. The summed E-state index contributed by atoms with van der Waals surface area (Å²) in [6.45, 7) is 2.24. The highest BCUT2D eigenvalue weighted by Gasteiger charge is 2.23. The molecule has 2 aromatic rings. The van der Waals surface area contributed by atoms with Gasteiger partial charge in [-0.25, -0.2) is 9.97 Å². The highest BCUT2D eigenvalue weighted by atomic mass is 79.9. The molecule has 2 rings (SSSR count). The molecule has 0 unspecified atom stereocenters. The molecule has 9 nitrogen and oxygen atoms in total. The van der Waals surface area contributed by atoms with Crippen molar-refractivity contribution in [3.63, 3.8) is 0 Å². The smallest absolute Gasteiger partial charge is 0.354 e. The summed E-state index contributed by atoms with van der Waals surface area (Å²) in [4.78, 5) is 30.3. The molecule has 0 saturated heterocycles. The first-order valence-corrected chi connectivity index (χ1v) is 7.38. The summed E-state index contributed by atoms with van der Waals surface area (Å²) in [6.07, 6.45) is 1.16. The van der Waals surface area contributed by atoms with Gasteiger partial charge in [0.25, 0.3) is 5.91 Å². The molecule has 1 aromatic heterocycles. The third-order valence-electron chi connectivity index (χ3n) is 2.76. The summed E-state index contributed by atoms with van der Waals surface area (Å²) in [7, 11) is 0. The third-order valence-corrected chi connectivity index (χ3v) is 3.45. The first kappa shape index (κ1) is 16.6. The van der Waals surface area contributed by atoms with Crippen LogP contribution < -0.4 is 16.2 Å². The van der Waals surface area contributed by atoms with E-state index in [4.69, 9.17) is 0 Å². The molecular weight excluding hydrogens is 368 g/mol. The van der Waals surface area contributed by atoms with Crippen LogP contribution in [0.2, 0.25) is 0 Å². The zero-order chi connectivity index (χ0) is 16.8. The molecule has 10 heteroatoms. The largest absolute Gasteiger partial charge is 0.364 e. The number of nitrogens with one attached hydrogen (secondary N) is 3. The minimum atomic E-state index is -0.620. The maximum Gasteiger partial charge on any atom is 0.354 e. The van der Waals surface area contributed by atoms with Crippen LogP contribution in [-0.2, 0) is 0 Å². The molecule has 3 N–H and O–H groups in total. The van der Waals surface area contributed by atoms with Crippen molar-refractivity contribution in [1.82, 2.24) is 15.4 Å². The van der Waals surface area contributed by atoms with Crippen molar-refractivity contribution in [2.24, 2.45) is 0 Å². The van der Waals surface area contributed by atoms with Crippen molar-refractivity contribution in [1.29, 1.82) is 0 Å². The highest BCUT2D eigenvalue weighted by molar-refractivity contribution is 9.10. The summed E-state index contributed by atoms with van der Waals surface area (Å²) in [5, 5.41) is 14.0. The van der Waals surface area contributed by atoms with E-state index in [1.54, 1.807) is 31.2 Å². The van der Waals surface area contributed by atoms with Gasteiger partial charge in [-0.15, -0.1) is 0 Å². The number of hydrazine groups is 1. The van der Waals surface area contributed by atoms with Crippen molar-refractivity contribution in [2.45, 2.75) is 6.92 Å². The van der Waals surface area contributed by atoms with Gasteiger partial charge < -0.3 is 5.32 Å². The number of nitrogens with zero attached hydrogens (tertiary/aromatic N) is 3. The Balaban J connectivity index is 2.20. The number of amides is 1. The monoisotopic (exact) mass is 380 g/mol. The Labute approximate surface area is 139 Å². The fraction of sp³-hybridized carbons (Fsp3) is 0.154. The van der Waals surface area contributed by atoms with Gasteiger partial charge in [-0.05, 0) is 35.0 Å². The zero-order valence-corrected chi connectivity index (χ0v) is 13.6. The van der Waals surface area contributed by atoms with Gasteiger partial charge in [0.2, 0.25) is 11.6 Å². The van der Waals surface area contributed by atoms with Crippen LogP contribution in [0.15, 0.2) is 35.1 Å². The molecule has 1 aromatic carbocycles. The number of rotatable bonds is 6. The van der Waals surface area contributed by atoms with E-state index in [0.717, 1.165) is 6.33 Å². The van der Waals surface area contributed by atoms with Crippen LogP contribution in [-0.4, -0.2) is 27.3 Å². The van der Waals surface area contributed by atoms with Gasteiger partial charge >= 0.3 is 5.69 Å². The van der Waals surface area contributed by atoms with E-state index in [-0.39, 0.29) is 17.3 Å². The van der Waals surface area contributed by atoms with Crippen LogP contribution >= 0.6 is 15.9 Å². The quantitative estimate of drug-likeness (QED) is 0.519. The number of nitro groups is 1. The molecule has 0 aliphatic rings. The summed E-state index contributed by atoms with van der Waals surface area (Å²) >= 11 is 3.26. The van der Waals surface area contributed by atoms with Crippen LogP contribution in [0, 0.1) is 10.1 Å². The molecule has 1 amide bonds. The van der Waals surface area contributed by atoms with E-state index < -0.39 is 10.8 Å². The van der Waals surface area contributed by atoms with Gasteiger partial charge in [0.05, 0.1) is 10.5 Å². The minimum Gasteiger partial charge on any atom is -0.364 e. The van der Waals surface area contributed by atoms with Crippen LogP contribution in [0.25, 0.3) is 0 Å². The van der Waals surface area contributed by atoms with Gasteiger partial charge in [-0.1, -0.05) is 12.1 Å². The van der Waals surface area contributed by atoms with Crippen LogP contribution in [0.1, 0.15) is 17.3 Å². The Kier molecular flexibility index (Phi) is 5.41. The Bertz CT molecular complexity index is 739. The van der Waals surface area contributed by atoms with E-state index in [2.05, 4.69) is 42.1 Å². The number of hydrogen-bond donors (Lipinski definition) is 3. The predicted octanol–water partition coefficient (Wildman–Crippen LogP) is 2.34. The van der Waals surface area contributed by atoms with Crippen molar-refractivity contribution in [3.05, 3.63) is 50.7 Å². The molecule has 0 atom stereocenters. The second-order valence-corrected chi connectivity index (χ2v) is 5.12. The number of carbonyl (C=O) groups excluding carboxylic acids is 1. The average Bonchev–Trinajstić information content (AvgIpc) is 2.53. The highest BCUT2D eigenvalue weighted by Crippen LogP contribution is 2.28. The Hall–Kier alpha value is -2.75. The summed E-state index contributed by atoms with van der Waals surface area (Å²) in [6, 6.07) is 6.80. The molecule has 0 aliphatic heterocycles. The van der Waals surface area contributed by atoms with Gasteiger partial charge in [-0.2, -0.15) is 0 Å². The first-order valence-electron chi connectivity index (χ1n) is 6.58. The number of anilines is 2. The van der Waals surface area contributed by atoms with Crippen LogP contribution in [0.3, 0.4) is 0 Å². The van der Waals surface area contributed by atoms with E-state index in [0.29, 0.717) is 16.6 Å². The number of halogens is 1. The van der Waals surface area contributed by atoms with Gasteiger partial charge in [-0.3, -0.25) is 25.8 Å². The minimum absolute atomic E-state index is 0.0742. The lowest BCUT2D eigenvalue weighted by Gasteiger charge is -2.10. The normalized spacial score (nSPS) is 10.0. The zero-order valence-electron chi connectivity index (χ0n) is 12.0. The topological polar surface area (TPSA) is 122 Å². The molecule has 0 aliphatic carbocycles. The summed E-state index contributed by atoms with van der Waals surface area (Å²) in [5.41, 5.74) is 4.88. The standard InChI is InChI=1S/C13H13BrN6O3/c1-2-15-11-10(20(22)23)12(17-7-16-11)18-19-13(21)8-5-3-4-6-9(8)14/h3-7H,2H2,1H3,(H,19,21)(H2,15,16,17,18). The van der Waals surface area contributed by atoms with Crippen molar-refractivity contribution >= 4 is 39.2 Å². The van der Waals surface area contributed by atoms with Crippen LogP contribution in [0.4, 0.5) is 17.3 Å². The SMILES string of the molecule is CCNc1ncnc(NNC(=O)c2ccccc2Br)c1[N+](=O)[O-]. The van der Waals surface area contributed by atoms with Crippen LogP contribution in [0.5, 0.6) is 0 Å². The predicted molar refractivity (Wildman–Crippen MR) is 88.1 cm³/mol. The fourth-order valence-electron chi connectivity index (χ4n) is 1.77. The maximum absolute atomic E-state index is 12.1. The summed E-state index contributed by atoms with van der Waals surface area (Å²) in [5.74, 6) is -0.498. The lowest BCUT2D eigenvalue weighted by atomic mass is 10.2. The third kappa shape index (κ3) is 3.92. The molecule has 23 heavy (non-hydrogen) atoms. The second kappa shape index (κ2) is 7.49. The second-order valence-electron chi connectivity index (χ2n) is 4.27. The Morgan fingerprint density at radius 2 is 2.00 bits per heavy atom. The molecular formula is C13H13BrN6O3. The molecule has 0 radical (unpaired) electrons. The maximum atomic E-state index is 12.1. The Morgan fingerprint density at radius 3 is 2.65 bits per heavy atom. The molecule has 1 heterocycles. The molecule has 0 spiro atoms. The number of benzene rings is 1. The number of carbonyl (C=O) groups is 1.